The molecule has 0 bridgehead atoms. The molecular weight excluding hydrogens is 277 g/mol. The van der Waals surface area contributed by atoms with Crippen molar-refractivity contribution in [1.29, 1.82) is 0 Å². The van der Waals surface area contributed by atoms with Crippen LogP contribution < -0.4 is 4.74 Å². The first-order chi connectivity index (χ1) is 9.29. The van der Waals surface area contributed by atoms with Gasteiger partial charge in [0.15, 0.2) is 0 Å². The average Bonchev–Trinajstić information content (AvgIpc) is 2.46. The Bertz CT molecular complexity index is 365. The van der Waals surface area contributed by atoms with Crippen molar-refractivity contribution in [3.8, 4) is 5.75 Å². The summed E-state index contributed by atoms with van der Waals surface area (Å²) in [5, 5.41) is 0. The lowest BCUT2D eigenvalue weighted by Gasteiger charge is -2.33. The van der Waals surface area contributed by atoms with Gasteiger partial charge >= 0.3 is 0 Å². The van der Waals surface area contributed by atoms with Crippen molar-refractivity contribution < 1.29 is 9.13 Å². The van der Waals surface area contributed by atoms with Gasteiger partial charge in [-0.25, -0.2) is 4.39 Å². The molecule has 1 aromatic rings. The topological polar surface area (TPSA) is 12.5 Å². The highest BCUT2D eigenvalue weighted by atomic mass is 35.5. The van der Waals surface area contributed by atoms with E-state index in [0.717, 1.165) is 24.9 Å². The molecular formula is C16H25ClFNO. The quantitative estimate of drug-likeness (QED) is 0.777. The summed E-state index contributed by atoms with van der Waals surface area (Å²) >= 11 is 0. The van der Waals surface area contributed by atoms with Gasteiger partial charge in [0.25, 0.3) is 0 Å². The van der Waals surface area contributed by atoms with Gasteiger partial charge in [-0.15, -0.1) is 12.4 Å². The van der Waals surface area contributed by atoms with Crippen LogP contribution in [0.1, 0.15) is 39.0 Å². The van der Waals surface area contributed by atoms with E-state index >= 15 is 0 Å². The van der Waals surface area contributed by atoms with Gasteiger partial charge in [0, 0.05) is 12.6 Å². The van der Waals surface area contributed by atoms with Gasteiger partial charge in [0.1, 0.15) is 18.2 Å². The van der Waals surface area contributed by atoms with E-state index in [9.17, 15) is 4.39 Å². The predicted molar refractivity (Wildman–Crippen MR) is 83.3 cm³/mol. The maximum absolute atomic E-state index is 12.8. The molecule has 2 nitrogen and oxygen atoms in total. The van der Waals surface area contributed by atoms with Crippen LogP contribution in [0, 0.1) is 5.82 Å². The second kappa shape index (κ2) is 9.19. The lowest BCUT2D eigenvalue weighted by molar-refractivity contribution is 0.137. The minimum absolute atomic E-state index is 0. The molecule has 0 heterocycles. The van der Waals surface area contributed by atoms with E-state index in [2.05, 4.69) is 11.8 Å². The number of nitrogens with zero attached hydrogens (tertiary/aromatic N) is 1. The molecule has 1 saturated carbocycles. The first kappa shape index (κ1) is 17.3. The highest BCUT2D eigenvalue weighted by Gasteiger charge is 2.19. The van der Waals surface area contributed by atoms with Crippen molar-refractivity contribution in [1.82, 2.24) is 4.90 Å². The minimum atomic E-state index is -0.218. The normalized spacial score (nSPS) is 15.9. The SMILES string of the molecule is CCN(CCOc1ccc(F)cc1)C1CCCCC1.Cl. The van der Waals surface area contributed by atoms with Crippen molar-refractivity contribution in [2.75, 3.05) is 19.7 Å². The molecule has 0 aliphatic heterocycles. The Balaban J connectivity index is 0.00000200. The third-order valence-corrected chi connectivity index (χ3v) is 3.96. The van der Waals surface area contributed by atoms with Crippen molar-refractivity contribution in [3.05, 3.63) is 30.1 Å². The number of ether oxygens (including phenoxy) is 1. The van der Waals surface area contributed by atoms with Gasteiger partial charge < -0.3 is 4.74 Å². The zero-order chi connectivity index (χ0) is 13.5. The fourth-order valence-corrected chi connectivity index (χ4v) is 2.86. The Kier molecular flexibility index (Phi) is 7.93. The first-order valence-electron chi connectivity index (χ1n) is 7.42. The molecule has 0 amide bonds. The van der Waals surface area contributed by atoms with Crippen LogP contribution in [0.25, 0.3) is 0 Å². The van der Waals surface area contributed by atoms with E-state index in [1.807, 2.05) is 0 Å². The third-order valence-electron chi connectivity index (χ3n) is 3.96. The molecule has 1 aromatic carbocycles. The van der Waals surface area contributed by atoms with Crippen molar-refractivity contribution >= 4 is 12.4 Å². The summed E-state index contributed by atoms with van der Waals surface area (Å²) in [7, 11) is 0. The van der Waals surface area contributed by atoms with E-state index in [4.69, 9.17) is 4.74 Å². The summed E-state index contributed by atoms with van der Waals surface area (Å²) in [4.78, 5) is 2.52. The Morgan fingerprint density at radius 2 is 1.80 bits per heavy atom. The van der Waals surface area contributed by atoms with E-state index in [1.165, 1.54) is 44.2 Å². The summed E-state index contributed by atoms with van der Waals surface area (Å²) in [5.74, 6) is 0.533. The smallest absolute Gasteiger partial charge is 0.123 e. The maximum Gasteiger partial charge on any atom is 0.123 e. The van der Waals surface area contributed by atoms with Crippen molar-refractivity contribution in [2.45, 2.75) is 45.1 Å². The number of halogens is 2. The Morgan fingerprint density at radius 3 is 2.40 bits per heavy atom. The number of hydrogen-bond donors (Lipinski definition) is 0. The Labute approximate surface area is 127 Å². The molecule has 4 heteroatoms. The van der Waals surface area contributed by atoms with Gasteiger partial charge in [0.2, 0.25) is 0 Å². The third kappa shape index (κ3) is 5.29. The molecule has 1 aliphatic carbocycles. The lowest BCUT2D eigenvalue weighted by Crippen LogP contribution is -2.39. The van der Waals surface area contributed by atoms with Gasteiger partial charge in [-0.3, -0.25) is 4.90 Å². The summed E-state index contributed by atoms with van der Waals surface area (Å²) < 4.78 is 18.4. The highest BCUT2D eigenvalue weighted by molar-refractivity contribution is 5.85. The Hall–Kier alpha value is -0.800. The molecule has 0 saturated heterocycles. The standard InChI is InChI=1S/C16H24FNO.ClH/c1-2-18(15-6-4-3-5-7-15)12-13-19-16-10-8-14(17)9-11-16;/h8-11,15H,2-7,12-13H2,1H3;1H. The summed E-state index contributed by atoms with van der Waals surface area (Å²) in [5.41, 5.74) is 0. The van der Waals surface area contributed by atoms with Crippen molar-refractivity contribution in [3.63, 3.8) is 0 Å². The molecule has 0 aromatic heterocycles. The summed E-state index contributed by atoms with van der Waals surface area (Å²) in [6.45, 7) is 4.93. The molecule has 0 spiro atoms. The van der Waals surface area contributed by atoms with E-state index < -0.39 is 0 Å². The average molecular weight is 302 g/mol. The Morgan fingerprint density at radius 1 is 1.15 bits per heavy atom. The number of likely N-dealkylation sites (N-methyl/N-ethyl adjacent to an activating group) is 1. The summed E-state index contributed by atoms with van der Waals surface area (Å²) in [6.07, 6.45) is 6.76. The van der Waals surface area contributed by atoms with Crippen LogP contribution in [0.15, 0.2) is 24.3 Å². The molecule has 0 unspecified atom stereocenters. The van der Waals surface area contributed by atoms with Gasteiger partial charge in [-0.1, -0.05) is 26.2 Å². The van der Waals surface area contributed by atoms with Crippen LogP contribution in [0.3, 0.4) is 0 Å². The van der Waals surface area contributed by atoms with Crippen LogP contribution in [0.5, 0.6) is 5.75 Å². The number of benzene rings is 1. The van der Waals surface area contributed by atoms with Gasteiger partial charge in [-0.05, 0) is 43.7 Å². The van der Waals surface area contributed by atoms with Crippen LogP contribution in [-0.4, -0.2) is 30.6 Å². The van der Waals surface area contributed by atoms with E-state index in [0.29, 0.717) is 6.61 Å². The molecule has 0 N–H and O–H groups in total. The van der Waals surface area contributed by atoms with Gasteiger partial charge in [-0.2, -0.15) is 0 Å². The monoisotopic (exact) mass is 301 g/mol. The molecule has 1 aliphatic rings. The second-order valence-corrected chi connectivity index (χ2v) is 5.22. The lowest BCUT2D eigenvalue weighted by atomic mass is 9.94. The largest absolute Gasteiger partial charge is 0.492 e. The molecule has 114 valence electrons. The van der Waals surface area contributed by atoms with Gasteiger partial charge in [0.05, 0.1) is 0 Å². The van der Waals surface area contributed by atoms with Crippen LogP contribution >= 0.6 is 12.4 Å². The molecule has 0 radical (unpaired) electrons. The molecule has 0 atom stereocenters. The van der Waals surface area contributed by atoms with Crippen molar-refractivity contribution in [2.24, 2.45) is 0 Å². The second-order valence-electron chi connectivity index (χ2n) is 5.22. The predicted octanol–water partition coefficient (Wildman–Crippen LogP) is 4.28. The molecule has 1 fully saturated rings. The highest BCUT2D eigenvalue weighted by Crippen LogP contribution is 2.22. The first-order valence-corrected chi connectivity index (χ1v) is 7.42. The summed E-state index contributed by atoms with van der Waals surface area (Å²) in [6, 6.07) is 6.98. The van der Waals surface area contributed by atoms with Crippen LogP contribution in [0.2, 0.25) is 0 Å². The minimum Gasteiger partial charge on any atom is -0.492 e. The van der Waals surface area contributed by atoms with Crippen LogP contribution in [-0.2, 0) is 0 Å². The molecule has 2 rings (SSSR count). The van der Waals surface area contributed by atoms with Crippen LogP contribution in [0.4, 0.5) is 4.39 Å². The molecule has 20 heavy (non-hydrogen) atoms. The van der Waals surface area contributed by atoms with E-state index in [1.54, 1.807) is 12.1 Å². The zero-order valence-corrected chi connectivity index (χ0v) is 13.0. The van der Waals surface area contributed by atoms with E-state index in [-0.39, 0.29) is 18.2 Å². The zero-order valence-electron chi connectivity index (χ0n) is 12.2. The maximum atomic E-state index is 12.8. The fourth-order valence-electron chi connectivity index (χ4n) is 2.86. The number of hydrogen-bond acceptors (Lipinski definition) is 2. The number of rotatable bonds is 6. The fraction of sp³-hybridized carbons (Fsp3) is 0.625.